The average molecular weight is 297 g/mol. The number of benzene rings is 1. The summed E-state index contributed by atoms with van der Waals surface area (Å²) in [4.78, 5) is 12.1. The highest BCUT2D eigenvalue weighted by atomic mass is 35.5. The average Bonchev–Trinajstić information content (AvgIpc) is 2.43. The lowest BCUT2D eigenvalue weighted by Crippen LogP contribution is -2.21. The number of aliphatic hydroxyl groups is 1. The number of halogens is 1. The normalized spacial score (nSPS) is 12.0. The number of hydrogen-bond acceptors (Lipinski definition) is 5. The van der Waals surface area contributed by atoms with Crippen molar-refractivity contribution in [1.29, 1.82) is 5.26 Å². The van der Waals surface area contributed by atoms with Crippen molar-refractivity contribution >= 4 is 23.1 Å². The van der Waals surface area contributed by atoms with E-state index in [4.69, 9.17) is 27.3 Å². The first kappa shape index (κ1) is 16.3. The van der Waals surface area contributed by atoms with Gasteiger partial charge in [-0.3, -0.25) is 4.79 Å². The van der Waals surface area contributed by atoms with Crippen LogP contribution in [0.25, 0.3) is 0 Å². The summed E-state index contributed by atoms with van der Waals surface area (Å²) in [6.45, 7) is 3.39. The lowest BCUT2D eigenvalue weighted by Gasteiger charge is -2.16. The molecular formula is C14H17ClN2O3. The van der Waals surface area contributed by atoms with Crippen LogP contribution in [0.4, 0.5) is 5.69 Å². The molecule has 0 fully saturated rings. The lowest BCUT2D eigenvalue weighted by molar-refractivity contribution is 0.0925. The molecule has 3 N–H and O–H groups in total. The first-order valence-corrected chi connectivity index (χ1v) is 6.69. The first-order valence-electron chi connectivity index (χ1n) is 6.16. The number of nitriles is 1. The maximum Gasteiger partial charge on any atom is 0.169 e. The predicted molar refractivity (Wildman–Crippen MR) is 77.0 cm³/mol. The van der Waals surface area contributed by atoms with E-state index < -0.39 is 6.10 Å². The molecule has 0 saturated carbocycles. The quantitative estimate of drug-likeness (QED) is 0.475. The van der Waals surface area contributed by atoms with Crippen LogP contribution in [0.1, 0.15) is 29.8 Å². The number of hydrogen-bond donors (Lipinski definition) is 2. The fourth-order valence-electron chi connectivity index (χ4n) is 1.59. The number of aliphatic hydroxyl groups excluding tert-OH is 1. The molecule has 0 amide bonds. The third-order valence-electron chi connectivity index (χ3n) is 2.69. The lowest BCUT2D eigenvalue weighted by atomic mass is 9.97. The van der Waals surface area contributed by atoms with Gasteiger partial charge in [0.1, 0.15) is 30.1 Å². The van der Waals surface area contributed by atoms with Crippen LogP contribution in [-0.4, -0.2) is 29.5 Å². The van der Waals surface area contributed by atoms with Crippen LogP contribution in [0, 0.1) is 17.2 Å². The van der Waals surface area contributed by atoms with Gasteiger partial charge in [-0.15, -0.1) is 11.6 Å². The monoisotopic (exact) mass is 296 g/mol. The zero-order valence-corrected chi connectivity index (χ0v) is 12.1. The molecule has 0 aliphatic carbocycles. The Morgan fingerprint density at radius 3 is 2.70 bits per heavy atom. The van der Waals surface area contributed by atoms with Crippen LogP contribution < -0.4 is 10.5 Å². The number of nitrogens with zero attached hydrogens (tertiary/aromatic N) is 1. The van der Waals surface area contributed by atoms with Crippen molar-refractivity contribution < 1.29 is 14.6 Å². The van der Waals surface area contributed by atoms with E-state index in [0.29, 0.717) is 0 Å². The van der Waals surface area contributed by atoms with E-state index in [1.165, 1.54) is 12.1 Å². The third-order valence-corrected chi connectivity index (χ3v) is 3.05. The summed E-state index contributed by atoms with van der Waals surface area (Å²) >= 11 is 5.49. The first-order chi connectivity index (χ1) is 9.42. The number of carbonyl (C=O) groups is 1. The molecule has 108 valence electrons. The topological polar surface area (TPSA) is 96.3 Å². The number of alkyl halides is 1. The standard InChI is InChI=1S/C14H17ClN2O3/c1-8(2)13(19)10-3-4-12(17)11(6-16)14(10)20-7-9(18)5-15/h3-4,8-9,18H,5,7,17H2,1-2H3. The molecule has 0 bridgehead atoms. The fraction of sp³-hybridized carbons (Fsp3) is 0.429. The fourth-order valence-corrected chi connectivity index (χ4v) is 1.68. The molecular weight excluding hydrogens is 280 g/mol. The SMILES string of the molecule is CC(C)C(=O)c1ccc(N)c(C#N)c1OCC(O)CCl. The van der Waals surface area contributed by atoms with E-state index in [1.54, 1.807) is 13.8 Å². The number of nitrogens with two attached hydrogens (primary N) is 1. The zero-order valence-electron chi connectivity index (χ0n) is 11.4. The highest BCUT2D eigenvalue weighted by molar-refractivity contribution is 6.18. The van der Waals surface area contributed by atoms with Gasteiger partial charge in [0.15, 0.2) is 5.78 Å². The maximum atomic E-state index is 12.1. The molecule has 0 radical (unpaired) electrons. The summed E-state index contributed by atoms with van der Waals surface area (Å²) < 4.78 is 5.41. The summed E-state index contributed by atoms with van der Waals surface area (Å²) in [6.07, 6.45) is -0.883. The van der Waals surface area contributed by atoms with Crippen molar-refractivity contribution in [3.8, 4) is 11.8 Å². The summed E-state index contributed by atoms with van der Waals surface area (Å²) in [5.41, 5.74) is 6.32. The molecule has 0 spiro atoms. The molecule has 20 heavy (non-hydrogen) atoms. The highest BCUT2D eigenvalue weighted by Crippen LogP contribution is 2.30. The number of ether oxygens (including phenoxy) is 1. The van der Waals surface area contributed by atoms with Crippen molar-refractivity contribution in [1.82, 2.24) is 0 Å². The van der Waals surface area contributed by atoms with E-state index in [1.807, 2.05) is 6.07 Å². The Balaban J connectivity index is 3.24. The number of carbonyl (C=O) groups excluding carboxylic acids is 1. The van der Waals surface area contributed by atoms with Gasteiger partial charge in [0.25, 0.3) is 0 Å². The van der Waals surface area contributed by atoms with Gasteiger partial charge >= 0.3 is 0 Å². The smallest absolute Gasteiger partial charge is 0.169 e. The van der Waals surface area contributed by atoms with Crippen molar-refractivity contribution in [2.45, 2.75) is 20.0 Å². The minimum absolute atomic E-state index is 0.00232. The molecule has 0 saturated heterocycles. The molecule has 1 aromatic carbocycles. The van der Waals surface area contributed by atoms with Crippen LogP contribution in [0.15, 0.2) is 12.1 Å². The molecule has 0 aliphatic rings. The number of nitrogen functional groups attached to an aromatic ring is 1. The second kappa shape index (κ2) is 7.13. The Morgan fingerprint density at radius 1 is 1.55 bits per heavy atom. The van der Waals surface area contributed by atoms with Gasteiger partial charge in [0.2, 0.25) is 0 Å². The summed E-state index contributed by atoms with van der Waals surface area (Å²) in [5, 5.41) is 18.6. The molecule has 1 aromatic rings. The Kier molecular flexibility index (Phi) is 5.81. The van der Waals surface area contributed by atoms with Gasteiger partial charge in [0.05, 0.1) is 17.1 Å². The zero-order chi connectivity index (χ0) is 15.3. The van der Waals surface area contributed by atoms with Crippen molar-refractivity contribution in [2.75, 3.05) is 18.2 Å². The minimum Gasteiger partial charge on any atom is -0.489 e. The van der Waals surface area contributed by atoms with Gasteiger partial charge in [-0.1, -0.05) is 13.8 Å². The van der Waals surface area contributed by atoms with Crippen molar-refractivity contribution in [2.24, 2.45) is 5.92 Å². The van der Waals surface area contributed by atoms with Gasteiger partial charge in [-0.2, -0.15) is 5.26 Å². The number of ketones is 1. The highest BCUT2D eigenvalue weighted by Gasteiger charge is 2.21. The maximum absolute atomic E-state index is 12.1. The van der Waals surface area contributed by atoms with Crippen molar-refractivity contribution in [3.05, 3.63) is 23.3 Å². The molecule has 0 aliphatic heterocycles. The number of Topliss-reactive ketones (excluding diaryl/α,β-unsaturated/α-hetero) is 1. The van der Waals surface area contributed by atoms with Gasteiger partial charge < -0.3 is 15.6 Å². The van der Waals surface area contributed by atoms with Gasteiger partial charge in [-0.05, 0) is 12.1 Å². The van der Waals surface area contributed by atoms with E-state index in [9.17, 15) is 9.90 Å². The Hall–Kier alpha value is -1.77. The molecule has 6 heteroatoms. The third kappa shape index (κ3) is 3.62. The van der Waals surface area contributed by atoms with Crippen LogP contribution >= 0.6 is 11.6 Å². The minimum atomic E-state index is -0.883. The Morgan fingerprint density at radius 2 is 2.20 bits per heavy atom. The van der Waals surface area contributed by atoms with E-state index in [0.717, 1.165) is 0 Å². The van der Waals surface area contributed by atoms with Crippen molar-refractivity contribution in [3.63, 3.8) is 0 Å². The van der Waals surface area contributed by atoms with Crippen LogP contribution in [0.5, 0.6) is 5.75 Å². The molecule has 1 unspecified atom stereocenters. The molecule has 1 rings (SSSR count). The van der Waals surface area contributed by atoms with Crippen LogP contribution in [-0.2, 0) is 0 Å². The molecule has 0 aromatic heterocycles. The number of anilines is 1. The second-order valence-electron chi connectivity index (χ2n) is 4.66. The summed E-state index contributed by atoms with van der Waals surface area (Å²) in [7, 11) is 0. The Bertz CT molecular complexity index is 538. The largest absolute Gasteiger partial charge is 0.489 e. The summed E-state index contributed by atoms with van der Waals surface area (Å²) in [5.74, 6) is -0.296. The van der Waals surface area contributed by atoms with Gasteiger partial charge in [-0.25, -0.2) is 0 Å². The Labute approximate surface area is 122 Å². The van der Waals surface area contributed by atoms with Crippen LogP contribution in [0.2, 0.25) is 0 Å². The van der Waals surface area contributed by atoms with E-state index >= 15 is 0 Å². The van der Waals surface area contributed by atoms with E-state index in [-0.39, 0.29) is 46.8 Å². The molecule has 1 atom stereocenters. The molecule has 0 heterocycles. The molecule has 5 nitrogen and oxygen atoms in total. The summed E-state index contributed by atoms with van der Waals surface area (Å²) in [6, 6.07) is 4.95. The van der Waals surface area contributed by atoms with E-state index in [2.05, 4.69) is 0 Å². The van der Waals surface area contributed by atoms with Crippen LogP contribution in [0.3, 0.4) is 0 Å². The predicted octanol–water partition coefficient (Wildman–Crippen LogP) is 1.96. The van der Waals surface area contributed by atoms with Gasteiger partial charge in [0, 0.05) is 5.92 Å². The number of rotatable bonds is 6. The second-order valence-corrected chi connectivity index (χ2v) is 4.96.